The van der Waals surface area contributed by atoms with Crippen molar-refractivity contribution in [3.05, 3.63) is 0 Å². The summed E-state index contributed by atoms with van der Waals surface area (Å²) in [5.74, 6) is 0.196. The molecule has 0 fully saturated rings. The number of ether oxygens (including phenoxy) is 1. The van der Waals surface area contributed by atoms with Gasteiger partial charge in [0.2, 0.25) is 0 Å². The van der Waals surface area contributed by atoms with Gasteiger partial charge in [-0.05, 0) is 19.8 Å². The summed E-state index contributed by atoms with van der Waals surface area (Å²) in [6.45, 7) is 8.30. The summed E-state index contributed by atoms with van der Waals surface area (Å²) in [5.41, 5.74) is 0. The Bertz CT molecular complexity index is 240. The highest BCUT2D eigenvalue weighted by atomic mass is 32.2. The Hall–Kier alpha value is -0.0900. The van der Waals surface area contributed by atoms with Crippen molar-refractivity contribution in [3.8, 4) is 0 Å². The first kappa shape index (κ1) is 13.9. The van der Waals surface area contributed by atoms with Crippen LogP contribution in [0.4, 0.5) is 0 Å². The minimum absolute atomic E-state index is 0.196. The molecule has 0 aliphatic rings. The van der Waals surface area contributed by atoms with E-state index >= 15 is 0 Å². The maximum Gasteiger partial charge on any atom is 0.157 e. The molecule has 4 heteroatoms. The summed E-state index contributed by atoms with van der Waals surface area (Å²) in [4.78, 5) is 0. The molecule has 3 nitrogen and oxygen atoms in total. The Labute approximate surface area is 87.8 Å². The van der Waals surface area contributed by atoms with Crippen LogP contribution in [0.2, 0.25) is 0 Å². The molecule has 14 heavy (non-hydrogen) atoms. The quantitative estimate of drug-likeness (QED) is 0.662. The fourth-order valence-electron chi connectivity index (χ4n) is 1.58. The van der Waals surface area contributed by atoms with E-state index < -0.39 is 14.6 Å². The first-order valence-corrected chi connectivity index (χ1v) is 6.94. The molecule has 0 atom stereocenters. The van der Waals surface area contributed by atoms with Crippen molar-refractivity contribution in [2.24, 2.45) is 0 Å². The van der Waals surface area contributed by atoms with E-state index in [0.29, 0.717) is 26.1 Å². The molecule has 0 amide bonds. The van der Waals surface area contributed by atoms with Crippen LogP contribution >= 0.6 is 0 Å². The first-order chi connectivity index (χ1) is 6.49. The highest BCUT2D eigenvalue weighted by molar-refractivity contribution is 7.92. The zero-order chi connectivity index (χ0) is 11.2. The molecule has 0 aromatic rings. The standard InChI is InChI=1S/C10H22O3S/c1-5-10(6-2,9-13-7-3)14(11,12)8-4/h5-9H2,1-4H3. The zero-order valence-corrected chi connectivity index (χ0v) is 10.5. The lowest BCUT2D eigenvalue weighted by Gasteiger charge is -2.30. The Kier molecular flexibility index (Phi) is 5.67. The number of hydrogen-bond acceptors (Lipinski definition) is 3. The van der Waals surface area contributed by atoms with E-state index in [2.05, 4.69) is 0 Å². The monoisotopic (exact) mass is 222 g/mol. The molecule has 0 spiro atoms. The molecule has 0 aliphatic carbocycles. The maximum atomic E-state index is 11.9. The Morgan fingerprint density at radius 1 is 1.07 bits per heavy atom. The molecule has 0 unspecified atom stereocenters. The predicted molar refractivity (Wildman–Crippen MR) is 59.3 cm³/mol. The van der Waals surface area contributed by atoms with Gasteiger partial charge in [-0.15, -0.1) is 0 Å². The molecule has 0 aromatic carbocycles. The minimum atomic E-state index is -3.02. The molecule has 0 N–H and O–H groups in total. The van der Waals surface area contributed by atoms with Crippen LogP contribution in [0, 0.1) is 0 Å². The van der Waals surface area contributed by atoms with E-state index in [0.717, 1.165) is 0 Å². The van der Waals surface area contributed by atoms with Crippen LogP contribution in [0.1, 0.15) is 40.5 Å². The van der Waals surface area contributed by atoms with Crippen LogP contribution in [0.5, 0.6) is 0 Å². The van der Waals surface area contributed by atoms with Crippen molar-refractivity contribution in [3.63, 3.8) is 0 Å². The van der Waals surface area contributed by atoms with Crippen LogP contribution in [-0.2, 0) is 14.6 Å². The van der Waals surface area contributed by atoms with Crippen molar-refractivity contribution >= 4 is 9.84 Å². The van der Waals surface area contributed by atoms with Gasteiger partial charge < -0.3 is 4.74 Å². The van der Waals surface area contributed by atoms with Crippen molar-refractivity contribution in [2.45, 2.75) is 45.3 Å². The van der Waals surface area contributed by atoms with Gasteiger partial charge >= 0.3 is 0 Å². The van der Waals surface area contributed by atoms with Crippen molar-refractivity contribution in [2.75, 3.05) is 19.0 Å². The Morgan fingerprint density at radius 2 is 1.57 bits per heavy atom. The third kappa shape index (κ3) is 2.70. The highest BCUT2D eigenvalue weighted by Gasteiger charge is 2.39. The molecule has 0 heterocycles. The van der Waals surface area contributed by atoms with Gasteiger partial charge in [-0.25, -0.2) is 8.42 Å². The summed E-state index contributed by atoms with van der Waals surface area (Å²) in [6, 6.07) is 0. The molecule has 86 valence electrons. The third-order valence-corrected chi connectivity index (χ3v) is 5.67. The largest absolute Gasteiger partial charge is 0.380 e. The number of sulfone groups is 1. The third-order valence-electron chi connectivity index (χ3n) is 2.90. The lowest BCUT2D eigenvalue weighted by molar-refractivity contribution is 0.116. The Balaban J connectivity index is 4.87. The second-order valence-electron chi connectivity index (χ2n) is 3.43. The van der Waals surface area contributed by atoms with Crippen LogP contribution in [-0.4, -0.2) is 32.1 Å². The first-order valence-electron chi connectivity index (χ1n) is 5.29. The van der Waals surface area contributed by atoms with Gasteiger partial charge in [0.25, 0.3) is 0 Å². The molecule has 0 rings (SSSR count). The molecular formula is C10H22O3S. The lowest BCUT2D eigenvalue weighted by Crippen LogP contribution is -2.43. The number of hydrogen-bond donors (Lipinski definition) is 0. The average Bonchev–Trinajstić information content (AvgIpc) is 2.20. The van der Waals surface area contributed by atoms with Gasteiger partial charge in [-0.1, -0.05) is 20.8 Å². The molecule has 0 aromatic heterocycles. The van der Waals surface area contributed by atoms with Gasteiger partial charge in [0.1, 0.15) is 0 Å². The minimum Gasteiger partial charge on any atom is -0.380 e. The Morgan fingerprint density at radius 3 is 1.86 bits per heavy atom. The smallest absolute Gasteiger partial charge is 0.157 e. The average molecular weight is 222 g/mol. The van der Waals surface area contributed by atoms with Crippen LogP contribution in [0.15, 0.2) is 0 Å². The van der Waals surface area contributed by atoms with Crippen LogP contribution < -0.4 is 0 Å². The summed E-state index contributed by atoms with van der Waals surface area (Å²) in [7, 11) is -3.02. The molecule has 0 saturated carbocycles. The topological polar surface area (TPSA) is 43.4 Å². The highest BCUT2D eigenvalue weighted by Crippen LogP contribution is 2.27. The van der Waals surface area contributed by atoms with Gasteiger partial charge in [0, 0.05) is 12.4 Å². The van der Waals surface area contributed by atoms with Crippen molar-refractivity contribution in [1.82, 2.24) is 0 Å². The van der Waals surface area contributed by atoms with Gasteiger partial charge in [0.05, 0.1) is 11.4 Å². The SMILES string of the molecule is CCOCC(CC)(CC)S(=O)(=O)CC. The van der Waals surface area contributed by atoms with Crippen molar-refractivity contribution in [1.29, 1.82) is 0 Å². The lowest BCUT2D eigenvalue weighted by atomic mass is 10.0. The van der Waals surface area contributed by atoms with Crippen LogP contribution in [0.3, 0.4) is 0 Å². The molecule has 0 aliphatic heterocycles. The maximum absolute atomic E-state index is 11.9. The fraction of sp³-hybridized carbons (Fsp3) is 1.00. The zero-order valence-electron chi connectivity index (χ0n) is 9.67. The molecule has 0 saturated heterocycles. The molecule has 0 radical (unpaired) electrons. The van der Waals surface area contributed by atoms with E-state index in [4.69, 9.17) is 4.74 Å². The van der Waals surface area contributed by atoms with Crippen molar-refractivity contribution < 1.29 is 13.2 Å². The molecular weight excluding hydrogens is 200 g/mol. The predicted octanol–water partition coefficient (Wildman–Crippen LogP) is 2.02. The van der Waals surface area contributed by atoms with Gasteiger partial charge in [0.15, 0.2) is 9.84 Å². The number of rotatable bonds is 7. The van der Waals surface area contributed by atoms with E-state index in [1.165, 1.54) is 0 Å². The summed E-state index contributed by atoms with van der Waals surface area (Å²) in [5, 5.41) is 0. The normalized spacial score (nSPS) is 13.1. The van der Waals surface area contributed by atoms with E-state index in [-0.39, 0.29) is 5.75 Å². The van der Waals surface area contributed by atoms with E-state index in [9.17, 15) is 8.42 Å². The second kappa shape index (κ2) is 5.71. The van der Waals surface area contributed by atoms with Gasteiger partial charge in [-0.2, -0.15) is 0 Å². The van der Waals surface area contributed by atoms with E-state index in [1.807, 2.05) is 20.8 Å². The summed E-state index contributed by atoms with van der Waals surface area (Å²) < 4.78 is 28.4. The van der Waals surface area contributed by atoms with Gasteiger partial charge in [-0.3, -0.25) is 0 Å². The molecule has 0 bridgehead atoms. The summed E-state index contributed by atoms with van der Waals surface area (Å²) in [6.07, 6.45) is 1.25. The van der Waals surface area contributed by atoms with E-state index in [1.54, 1.807) is 6.92 Å². The van der Waals surface area contributed by atoms with Crippen LogP contribution in [0.25, 0.3) is 0 Å². The summed E-state index contributed by atoms with van der Waals surface area (Å²) >= 11 is 0. The second-order valence-corrected chi connectivity index (χ2v) is 6.10. The fourth-order valence-corrected chi connectivity index (χ4v) is 3.33.